The van der Waals surface area contributed by atoms with E-state index in [1.807, 2.05) is 0 Å². The van der Waals surface area contributed by atoms with E-state index in [1.165, 1.54) is 30.2 Å². The molecular weight excluding hydrogens is 300 g/mol. The van der Waals surface area contributed by atoms with Gasteiger partial charge in [-0.1, -0.05) is 11.3 Å². The van der Waals surface area contributed by atoms with Crippen LogP contribution in [0.2, 0.25) is 0 Å². The molecule has 2 heterocycles. The maximum atomic E-state index is 12.1. The summed E-state index contributed by atoms with van der Waals surface area (Å²) >= 11 is 1.17. The number of aryl methyl sites for hydroxylation is 1. The number of sulfonamides is 1. The minimum absolute atomic E-state index is 0.113. The van der Waals surface area contributed by atoms with Gasteiger partial charge in [0.25, 0.3) is 10.0 Å². The predicted molar refractivity (Wildman–Crippen MR) is 74.0 cm³/mol. The highest BCUT2D eigenvalue weighted by atomic mass is 32.2. The summed E-state index contributed by atoms with van der Waals surface area (Å²) in [5.41, 5.74) is 0. The highest BCUT2D eigenvalue weighted by Crippen LogP contribution is 2.22. The van der Waals surface area contributed by atoms with Crippen LogP contribution >= 0.6 is 11.3 Å². The Labute approximate surface area is 120 Å². The van der Waals surface area contributed by atoms with Gasteiger partial charge < -0.3 is 9.73 Å². The molecule has 1 aliphatic rings. The van der Waals surface area contributed by atoms with E-state index in [1.54, 1.807) is 13.0 Å². The molecule has 108 valence electrons. The normalized spacial score (nSPS) is 15.4. The summed E-state index contributed by atoms with van der Waals surface area (Å²) in [6.45, 7) is 2.29. The molecule has 9 heteroatoms. The standard InChI is InChI=1S/C11H14N4O3S2/c1-7-13-14-11(19-7)15-20(16,17)10-5-4-9(18-10)6-12-8-2-3-8/h4-5,8,12H,2-3,6H2,1H3,(H,14,15). The maximum Gasteiger partial charge on any atom is 0.297 e. The molecule has 20 heavy (non-hydrogen) atoms. The van der Waals surface area contributed by atoms with Crippen molar-refractivity contribution in [1.82, 2.24) is 15.5 Å². The second kappa shape index (κ2) is 5.15. The lowest BCUT2D eigenvalue weighted by Gasteiger charge is -2.01. The molecule has 0 bridgehead atoms. The van der Waals surface area contributed by atoms with Crippen LogP contribution in [-0.2, 0) is 16.6 Å². The number of nitrogens with zero attached hydrogens (tertiary/aromatic N) is 2. The number of nitrogens with one attached hydrogen (secondary N) is 2. The summed E-state index contributed by atoms with van der Waals surface area (Å²) in [4.78, 5) is 0. The molecule has 0 atom stereocenters. The highest BCUT2D eigenvalue weighted by Gasteiger charge is 2.23. The number of aromatic nitrogens is 2. The average molecular weight is 314 g/mol. The molecule has 0 saturated heterocycles. The Morgan fingerprint density at radius 2 is 2.20 bits per heavy atom. The van der Waals surface area contributed by atoms with Gasteiger partial charge in [-0.3, -0.25) is 4.72 Å². The lowest BCUT2D eigenvalue weighted by Crippen LogP contribution is -2.15. The second-order valence-electron chi connectivity index (χ2n) is 4.61. The van der Waals surface area contributed by atoms with E-state index in [9.17, 15) is 8.42 Å². The van der Waals surface area contributed by atoms with E-state index in [-0.39, 0.29) is 10.2 Å². The van der Waals surface area contributed by atoms with Crippen LogP contribution in [0.3, 0.4) is 0 Å². The van der Waals surface area contributed by atoms with Crippen LogP contribution in [0.4, 0.5) is 5.13 Å². The summed E-state index contributed by atoms with van der Waals surface area (Å²) in [5, 5.41) is 11.6. The molecule has 0 radical (unpaired) electrons. The summed E-state index contributed by atoms with van der Waals surface area (Å²) in [5.74, 6) is 0.603. The Morgan fingerprint density at radius 1 is 1.40 bits per heavy atom. The van der Waals surface area contributed by atoms with E-state index >= 15 is 0 Å². The second-order valence-corrected chi connectivity index (χ2v) is 7.40. The summed E-state index contributed by atoms with van der Waals surface area (Å²) in [6.07, 6.45) is 2.34. The Hall–Kier alpha value is -1.45. The minimum atomic E-state index is -3.74. The van der Waals surface area contributed by atoms with E-state index in [0.29, 0.717) is 23.4 Å². The summed E-state index contributed by atoms with van der Waals surface area (Å²) < 4.78 is 31.9. The van der Waals surface area contributed by atoms with Gasteiger partial charge in [0.2, 0.25) is 10.2 Å². The number of hydrogen-bond donors (Lipinski definition) is 2. The lowest BCUT2D eigenvalue weighted by atomic mass is 10.4. The Bertz CT molecular complexity index is 703. The molecule has 0 unspecified atom stereocenters. The average Bonchev–Trinajstić information content (AvgIpc) is 2.93. The molecule has 0 aromatic carbocycles. The van der Waals surface area contributed by atoms with E-state index < -0.39 is 10.0 Å². The first kappa shape index (κ1) is 13.5. The van der Waals surface area contributed by atoms with Crippen molar-refractivity contribution < 1.29 is 12.8 Å². The van der Waals surface area contributed by atoms with Gasteiger partial charge in [0, 0.05) is 6.04 Å². The van der Waals surface area contributed by atoms with Crippen LogP contribution in [-0.4, -0.2) is 24.7 Å². The van der Waals surface area contributed by atoms with Gasteiger partial charge in [0.1, 0.15) is 10.8 Å². The Balaban J connectivity index is 1.69. The molecule has 1 fully saturated rings. The Morgan fingerprint density at radius 3 is 2.85 bits per heavy atom. The maximum absolute atomic E-state index is 12.1. The zero-order chi connectivity index (χ0) is 14.2. The number of rotatable bonds is 6. The van der Waals surface area contributed by atoms with Crippen molar-refractivity contribution in [2.24, 2.45) is 0 Å². The molecule has 2 aromatic heterocycles. The van der Waals surface area contributed by atoms with E-state index in [4.69, 9.17) is 4.42 Å². The first-order valence-electron chi connectivity index (χ1n) is 6.18. The molecule has 1 saturated carbocycles. The molecule has 1 aliphatic carbocycles. The first-order chi connectivity index (χ1) is 9.53. The minimum Gasteiger partial charge on any atom is -0.446 e. The van der Waals surface area contributed by atoms with Gasteiger partial charge in [0.05, 0.1) is 6.54 Å². The fourth-order valence-corrected chi connectivity index (χ4v) is 3.41. The molecular formula is C11H14N4O3S2. The van der Waals surface area contributed by atoms with Crippen LogP contribution in [0.5, 0.6) is 0 Å². The third kappa shape index (κ3) is 3.17. The summed E-state index contributed by atoms with van der Waals surface area (Å²) in [6, 6.07) is 3.65. The van der Waals surface area contributed by atoms with Crippen molar-refractivity contribution in [2.75, 3.05) is 4.72 Å². The van der Waals surface area contributed by atoms with Crippen molar-refractivity contribution in [3.8, 4) is 0 Å². The topological polar surface area (TPSA) is 97.1 Å². The SMILES string of the molecule is Cc1nnc(NS(=O)(=O)c2ccc(CNC3CC3)o2)s1. The zero-order valence-corrected chi connectivity index (χ0v) is 12.4. The molecule has 0 aliphatic heterocycles. The van der Waals surface area contributed by atoms with Crippen LogP contribution in [0, 0.1) is 6.92 Å². The van der Waals surface area contributed by atoms with Crippen LogP contribution < -0.4 is 10.0 Å². The van der Waals surface area contributed by atoms with Crippen LogP contribution in [0.15, 0.2) is 21.6 Å². The van der Waals surface area contributed by atoms with Gasteiger partial charge >= 0.3 is 0 Å². The molecule has 7 nitrogen and oxygen atoms in total. The number of hydrogen-bond acceptors (Lipinski definition) is 7. The molecule has 3 rings (SSSR count). The summed E-state index contributed by atoms with van der Waals surface area (Å²) in [7, 11) is -3.74. The molecule has 2 aromatic rings. The third-order valence-electron chi connectivity index (χ3n) is 2.79. The largest absolute Gasteiger partial charge is 0.446 e. The van der Waals surface area contributed by atoms with Crippen molar-refractivity contribution in [3.63, 3.8) is 0 Å². The molecule has 0 amide bonds. The molecule has 2 N–H and O–H groups in total. The fourth-order valence-electron chi connectivity index (χ4n) is 1.63. The Kier molecular flexibility index (Phi) is 3.48. The van der Waals surface area contributed by atoms with E-state index in [2.05, 4.69) is 20.2 Å². The fraction of sp³-hybridized carbons (Fsp3) is 0.455. The van der Waals surface area contributed by atoms with E-state index in [0.717, 1.165) is 0 Å². The van der Waals surface area contributed by atoms with Gasteiger partial charge in [-0.15, -0.1) is 10.2 Å². The van der Waals surface area contributed by atoms with Crippen molar-refractivity contribution in [1.29, 1.82) is 0 Å². The van der Waals surface area contributed by atoms with Crippen molar-refractivity contribution >= 4 is 26.5 Å². The van der Waals surface area contributed by atoms with Gasteiger partial charge in [0.15, 0.2) is 0 Å². The first-order valence-corrected chi connectivity index (χ1v) is 8.48. The number of furan rings is 1. The van der Waals surface area contributed by atoms with Gasteiger partial charge in [-0.25, -0.2) is 0 Å². The lowest BCUT2D eigenvalue weighted by molar-refractivity contribution is 0.403. The van der Waals surface area contributed by atoms with Gasteiger partial charge in [-0.05, 0) is 31.9 Å². The van der Waals surface area contributed by atoms with Crippen molar-refractivity contribution in [2.45, 2.75) is 37.4 Å². The monoisotopic (exact) mass is 314 g/mol. The van der Waals surface area contributed by atoms with Crippen molar-refractivity contribution in [3.05, 3.63) is 22.9 Å². The highest BCUT2D eigenvalue weighted by molar-refractivity contribution is 7.92. The third-order valence-corrected chi connectivity index (χ3v) is 4.89. The number of anilines is 1. The van der Waals surface area contributed by atoms with Gasteiger partial charge in [-0.2, -0.15) is 8.42 Å². The smallest absolute Gasteiger partial charge is 0.297 e. The molecule has 0 spiro atoms. The quantitative estimate of drug-likeness (QED) is 0.838. The zero-order valence-electron chi connectivity index (χ0n) is 10.8. The van der Waals surface area contributed by atoms with Crippen LogP contribution in [0.1, 0.15) is 23.6 Å². The predicted octanol–water partition coefficient (Wildman–Crippen LogP) is 1.49. The van der Waals surface area contributed by atoms with Crippen LogP contribution in [0.25, 0.3) is 0 Å².